The smallest absolute Gasteiger partial charge is 0.304 e. The Morgan fingerprint density at radius 2 is 1.82 bits per heavy atom. The summed E-state index contributed by atoms with van der Waals surface area (Å²) in [6.45, 7) is 6.17. The van der Waals surface area contributed by atoms with Crippen LogP contribution in [0.3, 0.4) is 0 Å². The van der Waals surface area contributed by atoms with Crippen molar-refractivity contribution in [3.05, 3.63) is 0 Å². The zero-order valence-electron chi connectivity index (χ0n) is 11.3. The Morgan fingerprint density at radius 3 is 2.29 bits per heavy atom. The quantitative estimate of drug-likeness (QED) is 0.744. The Bertz CT molecular complexity index is 220. The minimum Gasteiger partial charge on any atom is -0.481 e. The van der Waals surface area contributed by atoms with E-state index in [1.165, 1.54) is 32.1 Å². The molecule has 0 bridgehead atoms. The van der Waals surface area contributed by atoms with Crippen LogP contribution in [0.5, 0.6) is 0 Å². The van der Waals surface area contributed by atoms with Gasteiger partial charge in [0.1, 0.15) is 0 Å². The van der Waals surface area contributed by atoms with Crippen LogP contribution < -0.4 is 0 Å². The summed E-state index contributed by atoms with van der Waals surface area (Å²) in [5.74, 6) is 0.103. The predicted octanol–water partition coefficient (Wildman–Crippen LogP) is 3.14. The van der Waals surface area contributed by atoms with Crippen molar-refractivity contribution in [1.29, 1.82) is 0 Å². The highest BCUT2D eigenvalue weighted by Gasteiger charge is 2.24. The second kappa shape index (κ2) is 7.70. The molecule has 1 unspecified atom stereocenters. The normalized spacial score (nSPS) is 19.5. The van der Waals surface area contributed by atoms with Gasteiger partial charge in [-0.3, -0.25) is 4.79 Å². The summed E-state index contributed by atoms with van der Waals surface area (Å²) >= 11 is 0. The topological polar surface area (TPSA) is 40.5 Å². The number of rotatable bonds is 7. The lowest BCUT2D eigenvalue weighted by atomic mass is 9.84. The van der Waals surface area contributed by atoms with Crippen molar-refractivity contribution in [2.45, 2.75) is 64.8 Å². The predicted molar refractivity (Wildman–Crippen MR) is 70.2 cm³/mol. The number of hydrogen-bond acceptors (Lipinski definition) is 2. The summed E-state index contributed by atoms with van der Waals surface area (Å²) in [7, 11) is 0. The third kappa shape index (κ3) is 5.07. The number of hydrogen-bond donors (Lipinski definition) is 1. The zero-order valence-corrected chi connectivity index (χ0v) is 11.3. The van der Waals surface area contributed by atoms with E-state index in [9.17, 15) is 4.79 Å². The number of nitrogens with zero attached hydrogens (tertiary/aromatic N) is 1. The molecule has 0 aromatic heterocycles. The van der Waals surface area contributed by atoms with Crippen LogP contribution in [-0.4, -0.2) is 35.1 Å². The number of aliphatic carboxylic acids is 1. The van der Waals surface area contributed by atoms with Crippen LogP contribution in [0.2, 0.25) is 0 Å². The standard InChI is InChI=1S/C14H27NO2/c1-3-15(4-2)13(11-14(16)17)10-12-8-6-5-7-9-12/h12-13H,3-11H2,1-2H3,(H,16,17). The van der Waals surface area contributed by atoms with E-state index in [-0.39, 0.29) is 6.04 Å². The maximum atomic E-state index is 11.0. The largest absolute Gasteiger partial charge is 0.481 e. The summed E-state index contributed by atoms with van der Waals surface area (Å²) in [6.07, 6.45) is 8.03. The molecule has 1 rings (SSSR count). The van der Waals surface area contributed by atoms with Crippen LogP contribution in [0, 0.1) is 5.92 Å². The molecule has 0 aliphatic heterocycles. The zero-order chi connectivity index (χ0) is 12.7. The maximum Gasteiger partial charge on any atom is 0.304 e. The molecule has 1 aliphatic rings. The monoisotopic (exact) mass is 241 g/mol. The van der Waals surface area contributed by atoms with E-state index in [0.717, 1.165) is 25.4 Å². The van der Waals surface area contributed by atoms with E-state index in [4.69, 9.17) is 5.11 Å². The Morgan fingerprint density at radius 1 is 1.24 bits per heavy atom. The van der Waals surface area contributed by atoms with E-state index in [1.807, 2.05) is 0 Å². The molecule has 1 fully saturated rings. The van der Waals surface area contributed by atoms with Gasteiger partial charge in [-0.1, -0.05) is 46.0 Å². The van der Waals surface area contributed by atoms with Gasteiger partial charge < -0.3 is 10.0 Å². The van der Waals surface area contributed by atoms with Gasteiger partial charge in [0.05, 0.1) is 6.42 Å². The van der Waals surface area contributed by atoms with Crippen molar-refractivity contribution in [2.24, 2.45) is 5.92 Å². The van der Waals surface area contributed by atoms with Gasteiger partial charge in [0.15, 0.2) is 0 Å². The Labute approximate surface area is 105 Å². The van der Waals surface area contributed by atoms with Gasteiger partial charge in [-0.15, -0.1) is 0 Å². The summed E-state index contributed by atoms with van der Waals surface area (Å²) in [6, 6.07) is 0.241. The van der Waals surface area contributed by atoms with Crippen LogP contribution in [-0.2, 0) is 4.79 Å². The highest BCUT2D eigenvalue weighted by atomic mass is 16.4. The maximum absolute atomic E-state index is 11.0. The molecule has 1 N–H and O–H groups in total. The van der Waals surface area contributed by atoms with Crippen LogP contribution in [0.4, 0.5) is 0 Å². The highest BCUT2D eigenvalue weighted by Crippen LogP contribution is 2.29. The molecule has 0 spiro atoms. The van der Waals surface area contributed by atoms with Crippen molar-refractivity contribution >= 4 is 5.97 Å². The van der Waals surface area contributed by atoms with Gasteiger partial charge in [-0.2, -0.15) is 0 Å². The molecule has 0 heterocycles. The van der Waals surface area contributed by atoms with Gasteiger partial charge >= 0.3 is 5.97 Å². The first-order valence-electron chi connectivity index (χ1n) is 7.13. The Balaban J connectivity index is 2.51. The lowest BCUT2D eigenvalue weighted by Crippen LogP contribution is -2.38. The van der Waals surface area contributed by atoms with Crippen molar-refractivity contribution in [3.8, 4) is 0 Å². The molecule has 0 radical (unpaired) electrons. The first-order valence-corrected chi connectivity index (χ1v) is 7.13. The number of carbonyl (C=O) groups is 1. The van der Waals surface area contributed by atoms with E-state index in [1.54, 1.807) is 0 Å². The molecule has 0 aromatic carbocycles. The third-order valence-corrected chi connectivity index (χ3v) is 4.07. The summed E-state index contributed by atoms with van der Waals surface area (Å²) in [5, 5.41) is 9.03. The molecule has 100 valence electrons. The van der Waals surface area contributed by atoms with Crippen molar-refractivity contribution in [1.82, 2.24) is 4.90 Å². The first kappa shape index (κ1) is 14.5. The Kier molecular flexibility index (Phi) is 6.56. The molecule has 1 saturated carbocycles. The fourth-order valence-electron chi connectivity index (χ4n) is 3.11. The van der Waals surface area contributed by atoms with E-state index < -0.39 is 5.97 Å². The van der Waals surface area contributed by atoms with Gasteiger partial charge in [-0.05, 0) is 25.4 Å². The molecule has 1 aliphatic carbocycles. The second-order valence-electron chi connectivity index (χ2n) is 5.21. The number of carboxylic acid groups (broad SMARTS) is 1. The van der Waals surface area contributed by atoms with Crippen molar-refractivity contribution in [2.75, 3.05) is 13.1 Å². The van der Waals surface area contributed by atoms with Gasteiger partial charge in [0, 0.05) is 6.04 Å². The van der Waals surface area contributed by atoms with E-state index in [0.29, 0.717) is 6.42 Å². The van der Waals surface area contributed by atoms with Gasteiger partial charge in [0.2, 0.25) is 0 Å². The molecule has 3 nitrogen and oxygen atoms in total. The van der Waals surface area contributed by atoms with Crippen LogP contribution in [0.1, 0.15) is 58.8 Å². The summed E-state index contributed by atoms with van der Waals surface area (Å²) < 4.78 is 0. The van der Waals surface area contributed by atoms with E-state index >= 15 is 0 Å². The average Bonchev–Trinajstić information content (AvgIpc) is 2.31. The fraction of sp³-hybridized carbons (Fsp3) is 0.929. The molecule has 0 saturated heterocycles. The second-order valence-corrected chi connectivity index (χ2v) is 5.21. The lowest BCUT2D eigenvalue weighted by molar-refractivity contribution is -0.138. The van der Waals surface area contributed by atoms with Crippen LogP contribution >= 0.6 is 0 Å². The SMILES string of the molecule is CCN(CC)C(CC(=O)O)CC1CCCCC1. The van der Waals surface area contributed by atoms with Crippen LogP contribution in [0.15, 0.2) is 0 Å². The van der Waals surface area contributed by atoms with Crippen molar-refractivity contribution in [3.63, 3.8) is 0 Å². The van der Waals surface area contributed by atoms with Crippen LogP contribution in [0.25, 0.3) is 0 Å². The Hall–Kier alpha value is -0.570. The fourth-order valence-corrected chi connectivity index (χ4v) is 3.11. The first-order chi connectivity index (χ1) is 8.17. The minimum atomic E-state index is -0.655. The average molecular weight is 241 g/mol. The molecule has 3 heteroatoms. The lowest BCUT2D eigenvalue weighted by Gasteiger charge is -2.33. The summed E-state index contributed by atoms with van der Waals surface area (Å²) in [4.78, 5) is 13.3. The van der Waals surface area contributed by atoms with Gasteiger partial charge in [0.25, 0.3) is 0 Å². The molecule has 0 aromatic rings. The van der Waals surface area contributed by atoms with Gasteiger partial charge in [-0.25, -0.2) is 0 Å². The molecule has 0 amide bonds. The third-order valence-electron chi connectivity index (χ3n) is 4.07. The number of carboxylic acids is 1. The molecule has 17 heavy (non-hydrogen) atoms. The highest BCUT2D eigenvalue weighted by molar-refractivity contribution is 5.67. The summed E-state index contributed by atoms with van der Waals surface area (Å²) in [5.41, 5.74) is 0. The molecular weight excluding hydrogens is 214 g/mol. The van der Waals surface area contributed by atoms with E-state index in [2.05, 4.69) is 18.7 Å². The minimum absolute atomic E-state index is 0.241. The molecular formula is C14H27NO2. The molecule has 1 atom stereocenters. The van der Waals surface area contributed by atoms with Crippen molar-refractivity contribution < 1.29 is 9.90 Å².